The fourth-order valence-electron chi connectivity index (χ4n) is 4.05. The number of carbonyl (C=O) groups is 2. The van der Waals surface area contributed by atoms with Crippen LogP contribution in [0.1, 0.15) is 22.1 Å². The molecule has 0 unspecified atom stereocenters. The predicted molar refractivity (Wildman–Crippen MR) is 106 cm³/mol. The van der Waals surface area contributed by atoms with E-state index in [9.17, 15) is 9.59 Å². The van der Waals surface area contributed by atoms with Crippen molar-refractivity contribution < 1.29 is 14.3 Å². The lowest BCUT2D eigenvalue weighted by atomic mass is 10.0. The van der Waals surface area contributed by atoms with Gasteiger partial charge < -0.3 is 24.1 Å². The highest BCUT2D eigenvalue weighted by atomic mass is 16.5. The molecule has 1 aromatic carbocycles. The number of amides is 2. The fourth-order valence-corrected chi connectivity index (χ4v) is 4.05. The number of aryl methyl sites for hydroxylation is 2. The van der Waals surface area contributed by atoms with Gasteiger partial charge in [0, 0.05) is 46.7 Å². The van der Waals surface area contributed by atoms with Crippen molar-refractivity contribution in [2.24, 2.45) is 14.1 Å². The molecule has 2 aromatic heterocycles. The van der Waals surface area contributed by atoms with E-state index in [-0.39, 0.29) is 30.4 Å². The van der Waals surface area contributed by atoms with Gasteiger partial charge in [0.05, 0.1) is 34.9 Å². The second kappa shape index (κ2) is 7.67. The molecule has 1 aliphatic heterocycles. The van der Waals surface area contributed by atoms with Gasteiger partial charge in [-0.1, -0.05) is 6.07 Å². The first-order valence-electron chi connectivity index (χ1n) is 9.44. The highest BCUT2D eigenvalue weighted by Gasteiger charge is 2.39. The monoisotopic (exact) mass is 396 g/mol. The Balaban J connectivity index is 1.64. The van der Waals surface area contributed by atoms with Crippen LogP contribution in [0.5, 0.6) is 0 Å². The molecule has 1 saturated heterocycles. The summed E-state index contributed by atoms with van der Waals surface area (Å²) in [5.74, 6) is 0.439. The van der Waals surface area contributed by atoms with E-state index in [4.69, 9.17) is 4.74 Å². The molecule has 0 aliphatic carbocycles. The molecule has 1 aliphatic rings. The standard InChI is InChI=1S/C20H24N6O3/c1-24-8-7-21-19(24)14-9-26(10-16(14)23-17(27)11-29-3)20(28)13-5-4-6-15-18(13)25(2)12-22-15/h4-8,12,14,16H,9-11H2,1-3H3,(H,23,27)/t14-,16-/m1/s1. The first kappa shape index (κ1) is 19.1. The van der Waals surface area contributed by atoms with Crippen LogP contribution >= 0.6 is 0 Å². The zero-order chi connectivity index (χ0) is 20.5. The van der Waals surface area contributed by atoms with Crippen molar-refractivity contribution in [2.75, 3.05) is 26.8 Å². The molecular formula is C20H24N6O3. The summed E-state index contributed by atoms with van der Waals surface area (Å²) in [4.78, 5) is 36.1. The molecule has 2 atom stereocenters. The second-order valence-electron chi connectivity index (χ2n) is 7.35. The maximum atomic E-state index is 13.4. The van der Waals surface area contributed by atoms with Crippen molar-refractivity contribution in [1.82, 2.24) is 29.3 Å². The summed E-state index contributed by atoms with van der Waals surface area (Å²) >= 11 is 0. The third kappa shape index (κ3) is 3.49. The molecule has 0 bridgehead atoms. The number of para-hydroxylation sites is 1. The van der Waals surface area contributed by atoms with Crippen LogP contribution in [0.3, 0.4) is 0 Å². The maximum absolute atomic E-state index is 13.4. The molecule has 0 spiro atoms. The largest absolute Gasteiger partial charge is 0.375 e. The minimum absolute atomic E-state index is 0.0218. The number of methoxy groups -OCH3 is 1. The number of benzene rings is 1. The number of hydrogen-bond acceptors (Lipinski definition) is 5. The lowest BCUT2D eigenvalue weighted by Gasteiger charge is -2.19. The van der Waals surface area contributed by atoms with E-state index in [0.29, 0.717) is 18.7 Å². The van der Waals surface area contributed by atoms with Crippen molar-refractivity contribution in [2.45, 2.75) is 12.0 Å². The van der Waals surface area contributed by atoms with Gasteiger partial charge in [-0.05, 0) is 12.1 Å². The van der Waals surface area contributed by atoms with Crippen molar-refractivity contribution in [3.05, 3.63) is 48.3 Å². The second-order valence-corrected chi connectivity index (χ2v) is 7.35. The lowest BCUT2D eigenvalue weighted by Crippen LogP contribution is -2.42. The van der Waals surface area contributed by atoms with Crippen LogP contribution in [-0.4, -0.2) is 68.7 Å². The topological polar surface area (TPSA) is 94.3 Å². The summed E-state index contributed by atoms with van der Waals surface area (Å²) in [6, 6.07) is 5.31. The number of nitrogens with one attached hydrogen (secondary N) is 1. The first-order chi connectivity index (χ1) is 14.0. The fraction of sp³-hybridized carbons (Fsp3) is 0.400. The Kier molecular flexibility index (Phi) is 5.06. The summed E-state index contributed by atoms with van der Waals surface area (Å²) in [5.41, 5.74) is 2.19. The van der Waals surface area contributed by atoms with Crippen molar-refractivity contribution >= 4 is 22.8 Å². The zero-order valence-electron chi connectivity index (χ0n) is 16.7. The molecule has 9 heteroatoms. The number of carbonyl (C=O) groups excluding carboxylic acids is 2. The third-order valence-electron chi connectivity index (χ3n) is 5.39. The number of aromatic nitrogens is 4. The minimum atomic E-state index is -0.242. The molecule has 152 valence electrons. The Morgan fingerprint density at radius 2 is 2.03 bits per heavy atom. The highest BCUT2D eigenvalue weighted by Crippen LogP contribution is 2.29. The van der Waals surface area contributed by atoms with E-state index in [1.54, 1.807) is 17.4 Å². The summed E-state index contributed by atoms with van der Waals surface area (Å²) in [6.07, 6.45) is 5.30. The van der Waals surface area contributed by atoms with Crippen LogP contribution in [0.2, 0.25) is 0 Å². The molecule has 0 saturated carbocycles. The van der Waals surface area contributed by atoms with Crippen LogP contribution in [-0.2, 0) is 23.6 Å². The van der Waals surface area contributed by atoms with Crippen LogP contribution in [0.25, 0.3) is 11.0 Å². The van der Waals surface area contributed by atoms with Gasteiger partial charge >= 0.3 is 0 Å². The van der Waals surface area contributed by atoms with E-state index in [1.807, 2.05) is 47.6 Å². The van der Waals surface area contributed by atoms with Gasteiger partial charge in [0.15, 0.2) is 0 Å². The molecule has 4 rings (SSSR count). The number of likely N-dealkylation sites (tertiary alicyclic amines) is 1. The number of hydrogen-bond donors (Lipinski definition) is 1. The van der Waals surface area contributed by atoms with E-state index in [2.05, 4.69) is 15.3 Å². The number of fused-ring (bicyclic) bond motifs is 1. The number of imidazole rings is 2. The predicted octanol–water partition coefficient (Wildman–Crippen LogP) is 0.678. The third-order valence-corrected chi connectivity index (χ3v) is 5.39. The molecular weight excluding hydrogens is 372 g/mol. The molecule has 1 N–H and O–H groups in total. The molecule has 9 nitrogen and oxygen atoms in total. The average molecular weight is 396 g/mol. The summed E-state index contributed by atoms with van der Waals surface area (Å²) in [6.45, 7) is 0.849. The van der Waals surface area contributed by atoms with Crippen LogP contribution in [0.15, 0.2) is 36.9 Å². The Morgan fingerprint density at radius 1 is 1.21 bits per heavy atom. The summed E-state index contributed by atoms with van der Waals surface area (Å²) in [5, 5.41) is 3.00. The SMILES string of the molecule is COCC(=O)N[C@@H]1CN(C(=O)c2cccc3ncn(C)c23)C[C@H]1c1nccn1C. The van der Waals surface area contributed by atoms with E-state index < -0.39 is 0 Å². The van der Waals surface area contributed by atoms with Gasteiger partial charge in [-0.2, -0.15) is 0 Å². The van der Waals surface area contributed by atoms with E-state index in [1.165, 1.54) is 7.11 Å². The van der Waals surface area contributed by atoms with Gasteiger partial charge in [0.2, 0.25) is 5.91 Å². The summed E-state index contributed by atoms with van der Waals surface area (Å²) < 4.78 is 8.72. The lowest BCUT2D eigenvalue weighted by molar-refractivity contribution is -0.125. The molecule has 3 aromatic rings. The Hall–Kier alpha value is -3.20. The Morgan fingerprint density at radius 3 is 2.76 bits per heavy atom. The summed E-state index contributed by atoms with van der Waals surface area (Å²) in [7, 11) is 5.27. The quantitative estimate of drug-likeness (QED) is 0.684. The van der Waals surface area contributed by atoms with E-state index >= 15 is 0 Å². The molecule has 2 amide bonds. The maximum Gasteiger partial charge on any atom is 0.256 e. The number of ether oxygens (including phenoxy) is 1. The molecule has 1 fully saturated rings. The normalized spacial score (nSPS) is 19.1. The highest BCUT2D eigenvalue weighted by molar-refractivity contribution is 6.05. The molecule has 29 heavy (non-hydrogen) atoms. The van der Waals surface area contributed by atoms with E-state index in [0.717, 1.165) is 16.9 Å². The van der Waals surface area contributed by atoms with Crippen LogP contribution in [0, 0.1) is 0 Å². The minimum Gasteiger partial charge on any atom is -0.375 e. The van der Waals surface area contributed by atoms with Gasteiger partial charge in [0.1, 0.15) is 12.4 Å². The smallest absolute Gasteiger partial charge is 0.256 e. The first-order valence-corrected chi connectivity index (χ1v) is 9.44. The van der Waals surface area contributed by atoms with Gasteiger partial charge in [0.25, 0.3) is 5.91 Å². The number of rotatable bonds is 5. The average Bonchev–Trinajstić information content (AvgIpc) is 3.40. The Bertz CT molecular complexity index is 1060. The van der Waals surface area contributed by atoms with Crippen molar-refractivity contribution in [3.63, 3.8) is 0 Å². The van der Waals surface area contributed by atoms with Crippen LogP contribution < -0.4 is 5.32 Å². The van der Waals surface area contributed by atoms with Crippen molar-refractivity contribution in [1.29, 1.82) is 0 Å². The molecule has 0 radical (unpaired) electrons. The van der Waals surface area contributed by atoms with Crippen LogP contribution in [0.4, 0.5) is 0 Å². The van der Waals surface area contributed by atoms with Gasteiger partial charge in [-0.3, -0.25) is 9.59 Å². The Labute approximate surface area is 168 Å². The number of nitrogens with zero attached hydrogens (tertiary/aromatic N) is 5. The van der Waals surface area contributed by atoms with Gasteiger partial charge in [-0.25, -0.2) is 9.97 Å². The van der Waals surface area contributed by atoms with Gasteiger partial charge in [-0.15, -0.1) is 0 Å². The molecule has 3 heterocycles. The van der Waals surface area contributed by atoms with Crippen molar-refractivity contribution in [3.8, 4) is 0 Å². The zero-order valence-corrected chi connectivity index (χ0v) is 16.7.